The van der Waals surface area contributed by atoms with E-state index in [1.807, 2.05) is 24.3 Å². The topological polar surface area (TPSA) is 21.3 Å². The summed E-state index contributed by atoms with van der Waals surface area (Å²) in [5, 5.41) is 3.22. The highest BCUT2D eigenvalue weighted by Gasteiger charge is 1.91. The first-order valence-corrected chi connectivity index (χ1v) is 4.32. The first kappa shape index (κ1) is 9.42. The molecule has 1 aromatic rings. The quantitative estimate of drug-likeness (QED) is 0.556. The number of anilines is 1. The van der Waals surface area contributed by atoms with E-state index in [1.165, 1.54) is 0 Å². The van der Waals surface area contributed by atoms with Gasteiger partial charge in [0.05, 0.1) is 6.61 Å². The molecule has 0 fully saturated rings. The van der Waals surface area contributed by atoms with E-state index in [-0.39, 0.29) is 1.43 Å². The minimum Gasteiger partial charge on any atom is -0.385 e. The van der Waals surface area contributed by atoms with Crippen molar-refractivity contribution in [2.24, 2.45) is 0 Å². The summed E-state index contributed by atoms with van der Waals surface area (Å²) in [6.45, 7) is 3.57. The van der Waals surface area contributed by atoms with Crippen molar-refractivity contribution in [3.05, 3.63) is 29.8 Å². The SMILES string of the molecule is CCNc1ccc(COS)cc1.[HH]. The number of nitrogens with one attached hydrogen (secondary N) is 1. The predicted octanol–water partition coefficient (Wildman–Crippen LogP) is 2.73. The lowest BCUT2D eigenvalue weighted by Gasteiger charge is -2.03. The highest BCUT2D eigenvalue weighted by atomic mass is 32.1. The van der Waals surface area contributed by atoms with Crippen molar-refractivity contribution < 1.29 is 5.61 Å². The van der Waals surface area contributed by atoms with Crippen LogP contribution in [0.5, 0.6) is 0 Å². The first-order valence-electron chi connectivity index (χ1n) is 3.96. The maximum Gasteiger partial charge on any atom is 0.0861 e. The van der Waals surface area contributed by atoms with E-state index >= 15 is 0 Å². The van der Waals surface area contributed by atoms with Crippen LogP contribution in [0.1, 0.15) is 13.9 Å². The van der Waals surface area contributed by atoms with Crippen LogP contribution in [0.25, 0.3) is 0 Å². The molecule has 0 saturated heterocycles. The molecule has 0 spiro atoms. The van der Waals surface area contributed by atoms with Crippen LogP contribution >= 0.6 is 12.9 Å². The highest BCUT2D eigenvalue weighted by molar-refractivity contribution is 7.75. The molecule has 12 heavy (non-hydrogen) atoms. The Kier molecular flexibility index (Phi) is 3.97. The smallest absolute Gasteiger partial charge is 0.0861 e. The molecule has 1 N–H and O–H groups in total. The minimum atomic E-state index is 0. The van der Waals surface area contributed by atoms with Crippen molar-refractivity contribution in [1.29, 1.82) is 0 Å². The standard InChI is InChI=1S/C9H13NOS.H2/c1-2-10-9-5-3-8(4-6-9)7-11-12;/h3-6,10,12H,2,7H2,1H3;1H. The van der Waals surface area contributed by atoms with E-state index in [4.69, 9.17) is 4.18 Å². The lowest BCUT2D eigenvalue weighted by Crippen LogP contribution is -1.96. The van der Waals surface area contributed by atoms with E-state index in [2.05, 4.69) is 25.2 Å². The molecule has 0 aromatic heterocycles. The van der Waals surface area contributed by atoms with Crippen LogP contribution in [-0.2, 0) is 10.8 Å². The van der Waals surface area contributed by atoms with Gasteiger partial charge in [0.25, 0.3) is 0 Å². The molecule has 0 aliphatic carbocycles. The maximum absolute atomic E-state index is 4.70. The lowest BCUT2D eigenvalue weighted by molar-refractivity contribution is 0.372. The van der Waals surface area contributed by atoms with Gasteiger partial charge in [-0.1, -0.05) is 12.1 Å². The molecule has 0 atom stereocenters. The summed E-state index contributed by atoms with van der Waals surface area (Å²) in [6.07, 6.45) is 0. The Hall–Kier alpha value is -0.670. The Bertz CT molecular complexity index is 203. The van der Waals surface area contributed by atoms with Crippen LogP contribution in [-0.4, -0.2) is 6.54 Å². The van der Waals surface area contributed by atoms with Gasteiger partial charge < -0.3 is 9.50 Å². The van der Waals surface area contributed by atoms with Crippen LogP contribution in [0.4, 0.5) is 5.69 Å². The van der Waals surface area contributed by atoms with E-state index in [9.17, 15) is 0 Å². The molecule has 0 unspecified atom stereocenters. The first-order chi connectivity index (χ1) is 5.86. The Morgan fingerprint density at radius 3 is 2.58 bits per heavy atom. The van der Waals surface area contributed by atoms with E-state index < -0.39 is 0 Å². The number of hydrogen-bond acceptors (Lipinski definition) is 3. The Balaban J connectivity index is 0.00000144. The Labute approximate surface area is 80.0 Å². The second-order valence-corrected chi connectivity index (χ2v) is 2.76. The van der Waals surface area contributed by atoms with Gasteiger partial charge in [-0.25, -0.2) is 0 Å². The highest BCUT2D eigenvalue weighted by Crippen LogP contribution is 2.10. The Morgan fingerprint density at radius 2 is 2.08 bits per heavy atom. The normalized spacial score (nSPS) is 9.83. The zero-order valence-electron chi connectivity index (χ0n) is 7.08. The van der Waals surface area contributed by atoms with Gasteiger partial charge in [0.15, 0.2) is 0 Å². The zero-order chi connectivity index (χ0) is 8.81. The summed E-state index contributed by atoms with van der Waals surface area (Å²) in [4.78, 5) is 0. The second-order valence-electron chi connectivity index (χ2n) is 2.50. The minimum absolute atomic E-state index is 0. The fourth-order valence-corrected chi connectivity index (χ4v) is 1.15. The van der Waals surface area contributed by atoms with E-state index in [0.717, 1.165) is 17.8 Å². The van der Waals surface area contributed by atoms with Gasteiger partial charge in [0.1, 0.15) is 0 Å². The summed E-state index contributed by atoms with van der Waals surface area (Å²) < 4.78 is 4.70. The second kappa shape index (κ2) is 5.06. The average Bonchev–Trinajstić information content (AvgIpc) is 2.09. The van der Waals surface area contributed by atoms with Gasteiger partial charge in [0.2, 0.25) is 0 Å². The molecular formula is C9H15NOS. The van der Waals surface area contributed by atoms with Crippen molar-refractivity contribution >= 4 is 18.6 Å². The molecule has 0 heterocycles. The van der Waals surface area contributed by atoms with E-state index in [1.54, 1.807) is 0 Å². The third kappa shape index (κ3) is 2.75. The number of benzene rings is 1. The summed E-state index contributed by atoms with van der Waals surface area (Å²) in [7, 11) is 0. The Morgan fingerprint density at radius 1 is 1.42 bits per heavy atom. The molecular weight excluding hydrogens is 170 g/mol. The summed E-state index contributed by atoms with van der Waals surface area (Å²) in [6, 6.07) is 8.11. The van der Waals surface area contributed by atoms with Crippen molar-refractivity contribution in [2.75, 3.05) is 11.9 Å². The van der Waals surface area contributed by atoms with Gasteiger partial charge in [-0.15, -0.1) is 0 Å². The molecule has 1 rings (SSSR count). The number of hydrogen-bond donors (Lipinski definition) is 2. The van der Waals surface area contributed by atoms with Crippen molar-refractivity contribution in [2.45, 2.75) is 13.5 Å². The van der Waals surface area contributed by atoms with Crippen LogP contribution < -0.4 is 5.32 Å². The van der Waals surface area contributed by atoms with Gasteiger partial charge in [-0.3, -0.25) is 0 Å². The lowest BCUT2D eigenvalue weighted by atomic mass is 10.2. The zero-order valence-corrected chi connectivity index (χ0v) is 7.97. The largest absolute Gasteiger partial charge is 0.385 e. The number of rotatable bonds is 4. The molecule has 2 nitrogen and oxygen atoms in total. The van der Waals surface area contributed by atoms with Crippen molar-refractivity contribution in [3.63, 3.8) is 0 Å². The fraction of sp³-hybridized carbons (Fsp3) is 0.333. The van der Waals surface area contributed by atoms with Crippen LogP contribution in [0.15, 0.2) is 24.3 Å². The average molecular weight is 185 g/mol. The molecule has 1 aromatic carbocycles. The summed E-state index contributed by atoms with van der Waals surface area (Å²) >= 11 is 3.68. The van der Waals surface area contributed by atoms with Crippen LogP contribution in [0.3, 0.4) is 0 Å². The van der Waals surface area contributed by atoms with Crippen molar-refractivity contribution in [1.82, 2.24) is 0 Å². The molecule has 0 amide bonds. The van der Waals surface area contributed by atoms with Gasteiger partial charge in [0, 0.05) is 13.7 Å². The van der Waals surface area contributed by atoms with Gasteiger partial charge >= 0.3 is 0 Å². The number of thiol groups is 1. The molecule has 0 radical (unpaired) electrons. The third-order valence-electron chi connectivity index (χ3n) is 1.57. The molecule has 68 valence electrons. The van der Waals surface area contributed by atoms with E-state index in [0.29, 0.717) is 6.61 Å². The van der Waals surface area contributed by atoms with Gasteiger partial charge in [-0.2, -0.15) is 0 Å². The molecule has 0 saturated carbocycles. The molecule has 0 bridgehead atoms. The predicted molar refractivity (Wildman–Crippen MR) is 56.5 cm³/mol. The van der Waals surface area contributed by atoms with Crippen LogP contribution in [0, 0.1) is 0 Å². The van der Waals surface area contributed by atoms with Crippen LogP contribution in [0.2, 0.25) is 0 Å². The molecule has 0 aliphatic rings. The molecule has 0 aliphatic heterocycles. The van der Waals surface area contributed by atoms with Crippen molar-refractivity contribution in [3.8, 4) is 0 Å². The summed E-state index contributed by atoms with van der Waals surface area (Å²) in [5.41, 5.74) is 2.27. The molecule has 3 heteroatoms. The van der Waals surface area contributed by atoms with Gasteiger partial charge in [-0.05, 0) is 37.5 Å². The maximum atomic E-state index is 4.70. The third-order valence-corrected chi connectivity index (χ3v) is 1.70. The summed E-state index contributed by atoms with van der Waals surface area (Å²) in [5.74, 6) is 0. The fourth-order valence-electron chi connectivity index (χ4n) is 0.997. The monoisotopic (exact) mass is 185 g/mol.